The fourth-order valence-electron chi connectivity index (χ4n) is 3.38. The van der Waals surface area contributed by atoms with E-state index in [1.54, 1.807) is 44.4 Å². The van der Waals surface area contributed by atoms with Crippen molar-refractivity contribution in [2.24, 2.45) is 0 Å². The van der Waals surface area contributed by atoms with Crippen molar-refractivity contribution in [1.29, 1.82) is 0 Å². The second kappa shape index (κ2) is 10.3. The van der Waals surface area contributed by atoms with Gasteiger partial charge >= 0.3 is 0 Å². The molecular formula is C25H27ClN2O4S. The Morgan fingerprint density at radius 2 is 1.67 bits per heavy atom. The third-order valence-corrected chi connectivity index (χ3v) is 7.34. The molecule has 8 heteroatoms. The van der Waals surface area contributed by atoms with Gasteiger partial charge in [-0.05, 0) is 68.3 Å². The van der Waals surface area contributed by atoms with E-state index in [1.807, 2.05) is 38.1 Å². The van der Waals surface area contributed by atoms with Gasteiger partial charge in [0.05, 0.1) is 23.7 Å². The molecule has 1 N–H and O–H groups in total. The molecule has 0 spiro atoms. The van der Waals surface area contributed by atoms with Crippen molar-refractivity contribution in [1.82, 2.24) is 5.32 Å². The molecule has 3 aromatic rings. The van der Waals surface area contributed by atoms with Crippen LogP contribution in [-0.2, 0) is 14.8 Å². The van der Waals surface area contributed by atoms with Gasteiger partial charge in [0.1, 0.15) is 12.3 Å². The minimum atomic E-state index is -4.02. The van der Waals surface area contributed by atoms with Gasteiger partial charge in [-0.25, -0.2) is 8.42 Å². The average molecular weight is 487 g/mol. The molecule has 1 amide bonds. The predicted octanol–water partition coefficient (Wildman–Crippen LogP) is 5.04. The number of hydrogen-bond donors (Lipinski definition) is 1. The summed E-state index contributed by atoms with van der Waals surface area (Å²) < 4.78 is 33.4. The van der Waals surface area contributed by atoms with E-state index in [0.29, 0.717) is 22.0 Å². The summed E-state index contributed by atoms with van der Waals surface area (Å²) in [6.45, 7) is 5.10. The van der Waals surface area contributed by atoms with Crippen LogP contribution in [-0.4, -0.2) is 28.0 Å². The predicted molar refractivity (Wildman–Crippen MR) is 131 cm³/mol. The van der Waals surface area contributed by atoms with E-state index in [2.05, 4.69) is 5.32 Å². The molecule has 3 rings (SSSR count). The van der Waals surface area contributed by atoms with Crippen molar-refractivity contribution < 1.29 is 17.9 Å². The third kappa shape index (κ3) is 5.86. The van der Waals surface area contributed by atoms with Crippen molar-refractivity contribution in [3.63, 3.8) is 0 Å². The SMILES string of the molecule is COc1ccc(C(C)NC(=O)CN(c2cc(Cl)ccc2C)S(=O)(=O)c2ccc(C)cc2)cc1. The molecule has 0 bridgehead atoms. The summed E-state index contributed by atoms with van der Waals surface area (Å²) in [5.41, 5.74) is 2.85. The summed E-state index contributed by atoms with van der Waals surface area (Å²) in [5, 5.41) is 3.26. The lowest BCUT2D eigenvalue weighted by Crippen LogP contribution is -2.42. The standard InChI is InChI=1S/C25H27ClN2O4S/c1-17-5-13-23(14-6-17)33(30,31)28(24-15-21(26)10-7-18(24)2)16-25(29)27-19(3)20-8-11-22(32-4)12-9-20/h5-15,19H,16H2,1-4H3,(H,27,29). The van der Waals surface area contributed by atoms with Crippen LogP contribution >= 0.6 is 11.6 Å². The van der Waals surface area contributed by atoms with Crippen LogP contribution in [0.15, 0.2) is 71.6 Å². The number of ether oxygens (including phenoxy) is 1. The lowest BCUT2D eigenvalue weighted by atomic mass is 10.1. The Labute approximate surface area is 200 Å². The number of nitrogens with one attached hydrogen (secondary N) is 1. The molecule has 0 aromatic heterocycles. The fourth-order valence-corrected chi connectivity index (χ4v) is 5.03. The molecule has 0 aliphatic carbocycles. The minimum Gasteiger partial charge on any atom is -0.497 e. The van der Waals surface area contributed by atoms with E-state index in [0.717, 1.165) is 15.4 Å². The van der Waals surface area contributed by atoms with Crippen LogP contribution in [0.1, 0.15) is 29.7 Å². The molecule has 0 aliphatic heterocycles. The van der Waals surface area contributed by atoms with Crippen molar-refractivity contribution in [3.05, 3.63) is 88.4 Å². The van der Waals surface area contributed by atoms with Gasteiger partial charge in [0.15, 0.2) is 0 Å². The summed E-state index contributed by atoms with van der Waals surface area (Å²) in [6.07, 6.45) is 0. The number of aryl methyl sites for hydroxylation is 2. The van der Waals surface area contributed by atoms with Gasteiger partial charge in [-0.2, -0.15) is 0 Å². The Bertz CT molecular complexity index is 1230. The number of anilines is 1. The second-order valence-corrected chi connectivity index (χ2v) is 10.1. The summed E-state index contributed by atoms with van der Waals surface area (Å²) in [6, 6.07) is 18.5. The molecular weight excluding hydrogens is 460 g/mol. The van der Waals surface area contributed by atoms with Crippen LogP contribution in [0.5, 0.6) is 5.75 Å². The van der Waals surface area contributed by atoms with Crippen LogP contribution in [0, 0.1) is 13.8 Å². The molecule has 6 nitrogen and oxygen atoms in total. The number of carbonyl (C=O) groups is 1. The van der Waals surface area contributed by atoms with Crippen LogP contribution in [0.4, 0.5) is 5.69 Å². The number of nitrogens with zero attached hydrogens (tertiary/aromatic N) is 1. The largest absolute Gasteiger partial charge is 0.497 e. The van der Waals surface area contributed by atoms with Crippen LogP contribution in [0.25, 0.3) is 0 Å². The van der Waals surface area contributed by atoms with Gasteiger partial charge in [-0.15, -0.1) is 0 Å². The van der Waals surface area contributed by atoms with E-state index < -0.39 is 22.5 Å². The molecule has 0 radical (unpaired) electrons. The van der Waals surface area contributed by atoms with E-state index in [1.165, 1.54) is 12.1 Å². The molecule has 1 atom stereocenters. The maximum atomic E-state index is 13.6. The van der Waals surface area contributed by atoms with Crippen LogP contribution < -0.4 is 14.4 Å². The van der Waals surface area contributed by atoms with Gasteiger partial charge in [0.2, 0.25) is 5.91 Å². The summed E-state index contributed by atoms with van der Waals surface area (Å²) in [5.74, 6) is 0.275. The Morgan fingerprint density at radius 3 is 2.27 bits per heavy atom. The minimum absolute atomic E-state index is 0.100. The topological polar surface area (TPSA) is 75.7 Å². The molecule has 0 saturated heterocycles. The highest BCUT2D eigenvalue weighted by molar-refractivity contribution is 7.92. The highest BCUT2D eigenvalue weighted by atomic mass is 35.5. The van der Waals surface area contributed by atoms with Gasteiger partial charge in [0.25, 0.3) is 10.0 Å². The number of carbonyl (C=O) groups excluding carboxylic acids is 1. The zero-order valence-corrected chi connectivity index (χ0v) is 20.6. The first-order chi connectivity index (χ1) is 15.6. The third-order valence-electron chi connectivity index (χ3n) is 5.33. The van der Waals surface area contributed by atoms with Gasteiger partial charge < -0.3 is 10.1 Å². The molecule has 0 heterocycles. The Kier molecular flexibility index (Phi) is 7.66. The molecule has 3 aromatic carbocycles. The first-order valence-corrected chi connectivity index (χ1v) is 12.2. The quantitative estimate of drug-likeness (QED) is 0.484. The Balaban J connectivity index is 1.91. The van der Waals surface area contributed by atoms with Crippen LogP contribution in [0.3, 0.4) is 0 Å². The van der Waals surface area contributed by atoms with Crippen LogP contribution in [0.2, 0.25) is 5.02 Å². The number of halogens is 1. The fraction of sp³-hybridized carbons (Fsp3) is 0.240. The Morgan fingerprint density at radius 1 is 1.03 bits per heavy atom. The summed E-state index contributed by atoms with van der Waals surface area (Å²) >= 11 is 6.17. The number of rotatable bonds is 8. The summed E-state index contributed by atoms with van der Waals surface area (Å²) in [7, 11) is -2.43. The lowest BCUT2D eigenvalue weighted by Gasteiger charge is -2.26. The van der Waals surface area contributed by atoms with Gasteiger partial charge in [-0.1, -0.05) is 47.5 Å². The Hall–Kier alpha value is -3.03. The zero-order valence-electron chi connectivity index (χ0n) is 19.0. The maximum absolute atomic E-state index is 13.6. The number of hydrogen-bond acceptors (Lipinski definition) is 4. The first kappa shape index (κ1) is 24.6. The van der Waals surface area contributed by atoms with Gasteiger partial charge in [0, 0.05) is 5.02 Å². The van der Waals surface area contributed by atoms with Crippen molar-refractivity contribution >= 4 is 33.2 Å². The van der Waals surface area contributed by atoms with Crippen molar-refractivity contribution in [3.8, 4) is 5.75 Å². The van der Waals surface area contributed by atoms with E-state index >= 15 is 0 Å². The molecule has 0 fully saturated rings. The second-order valence-electron chi connectivity index (χ2n) is 7.82. The monoisotopic (exact) mass is 486 g/mol. The average Bonchev–Trinajstić information content (AvgIpc) is 2.79. The maximum Gasteiger partial charge on any atom is 0.264 e. The highest BCUT2D eigenvalue weighted by Crippen LogP contribution is 2.29. The van der Waals surface area contributed by atoms with Crippen molar-refractivity contribution in [2.45, 2.75) is 31.7 Å². The molecule has 1 unspecified atom stereocenters. The van der Waals surface area contributed by atoms with E-state index in [9.17, 15) is 13.2 Å². The van der Waals surface area contributed by atoms with Gasteiger partial charge in [-0.3, -0.25) is 9.10 Å². The normalized spacial score (nSPS) is 12.2. The lowest BCUT2D eigenvalue weighted by molar-refractivity contribution is -0.120. The number of benzene rings is 3. The number of sulfonamides is 1. The number of methoxy groups -OCH3 is 1. The molecule has 0 saturated carbocycles. The number of amides is 1. The first-order valence-electron chi connectivity index (χ1n) is 10.4. The van der Waals surface area contributed by atoms with E-state index in [4.69, 9.17) is 16.3 Å². The highest BCUT2D eigenvalue weighted by Gasteiger charge is 2.29. The molecule has 33 heavy (non-hydrogen) atoms. The molecule has 0 aliphatic rings. The van der Waals surface area contributed by atoms with E-state index in [-0.39, 0.29) is 10.9 Å². The van der Waals surface area contributed by atoms with Crippen molar-refractivity contribution in [2.75, 3.05) is 18.0 Å². The zero-order chi connectivity index (χ0) is 24.2. The smallest absolute Gasteiger partial charge is 0.264 e. The summed E-state index contributed by atoms with van der Waals surface area (Å²) in [4.78, 5) is 13.1. The molecule has 174 valence electrons.